The van der Waals surface area contributed by atoms with Gasteiger partial charge in [-0.05, 0) is 80.2 Å². The van der Waals surface area contributed by atoms with Gasteiger partial charge >= 0.3 is 0 Å². The van der Waals surface area contributed by atoms with E-state index in [9.17, 15) is 13.6 Å². The first-order valence-electron chi connectivity index (χ1n) is 14.2. The van der Waals surface area contributed by atoms with Crippen molar-refractivity contribution in [2.24, 2.45) is 11.8 Å². The molecule has 2 saturated heterocycles. The Morgan fingerprint density at radius 2 is 1.84 bits per heavy atom. The smallest absolute Gasteiger partial charge is 0.273 e. The number of carbonyl (C=O) groups excluding carboxylic acids is 1. The Labute approximate surface area is 223 Å². The monoisotopic (exact) mass is 529 g/mol. The lowest BCUT2D eigenvalue weighted by Gasteiger charge is -2.47. The number of pyridine rings is 1. The molecule has 0 bridgehead atoms. The number of quaternary nitrogens is 1. The number of aryl methyl sites for hydroxylation is 1. The van der Waals surface area contributed by atoms with Crippen molar-refractivity contribution in [3.63, 3.8) is 0 Å². The van der Waals surface area contributed by atoms with Gasteiger partial charge in [0, 0.05) is 36.2 Å². The number of hydrogen-bond donors (Lipinski definition) is 1. The zero-order valence-corrected chi connectivity index (χ0v) is 22.2. The second kappa shape index (κ2) is 10.3. The molecule has 2 aromatic rings. The lowest BCUT2D eigenvalue weighted by molar-refractivity contribution is -0.640. The molecule has 37 heavy (non-hydrogen) atoms. The van der Waals surface area contributed by atoms with Crippen LogP contribution in [-0.2, 0) is 16.6 Å². The molecule has 4 nitrogen and oxygen atoms in total. The SMILES string of the molecule is O=C([C@@H]1C[NH2+]C[C@]12CCCc1[nH+]c(Cl)ccc12)N1CC[C@@H](c2c(F)cccc2F)CC1C1CCCCC1. The lowest BCUT2D eigenvalue weighted by Crippen LogP contribution is -2.82. The second-order valence-corrected chi connectivity index (χ2v) is 12.3. The molecule has 1 spiro atoms. The van der Waals surface area contributed by atoms with E-state index in [1.165, 1.54) is 48.7 Å². The number of piperidine rings is 1. The first kappa shape index (κ1) is 25.2. The topological polar surface area (TPSA) is 51.1 Å². The maximum absolute atomic E-state index is 14.8. The number of rotatable bonds is 3. The highest BCUT2D eigenvalue weighted by Gasteiger charge is 2.56. The molecule has 4 aliphatic rings. The van der Waals surface area contributed by atoms with Crippen LogP contribution in [-0.4, -0.2) is 36.5 Å². The molecule has 1 unspecified atom stereocenters. The third-order valence-corrected chi connectivity index (χ3v) is 10.2. The van der Waals surface area contributed by atoms with E-state index in [4.69, 9.17) is 11.6 Å². The summed E-state index contributed by atoms with van der Waals surface area (Å²) >= 11 is 6.29. The van der Waals surface area contributed by atoms with Gasteiger partial charge in [-0.1, -0.05) is 25.3 Å². The molecule has 3 heterocycles. The van der Waals surface area contributed by atoms with E-state index in [2.05, 4.69) is 21.3 Å². The fourth-order valence-electron chi connectivity index (χ4n) is 8.28. The number of hydrogen-bond acceptors (Lipinski definition) is 1. The first-order valence-corrected chi connectivity index (χ1v) is 14.6. The Hall–Kier alpha value is -2.05. The number of halogens is 3. The van der Waals surface area contributed by atoms with Crippen molar-refractivity contribution < 1.29 is 23.9 Å². The lowest BCUT2D eigenvalue weighted by atomic mass is 9.64. The Morgan fingerprint density at radius 3 is 2.62 bits per heavy atom. The predicted octanol–water partition coefficient (Wildman–Crippen LogP) is 4.55. The largest absolute Gasteiger partial charge is 0.345 e. The first-order chi connectivity index (χ1) is 18.0. The van der Waals surface area contributed by atoms with Crippen LogP contribution in [0.2, 0.25) is 5.15 Å². The number of nitrogens with one attached hydrogen (secondary N) is 1. The third-order valence-electron chi connectivity index (χ3n) is 9.98. The van der Waals surface area contributed by atoms with Gasteiger partial charge < -0.3 is 10.2 Å². The molecule has 6 rings (SSSR count). The molecule has 7 heteroatoms. The van der Waals surface area contributed by atoms with Crippen LogP contribution in [0, 0.1) is 23.5 Å². The van der Waals surface area contributed by atoms with Crippen molar-refractivity contribution in [1.82, 2.24) is 4.90 Å². The quantitative estimate of drug-likeness (QED) is 0.582. The molecule has 3 N–H and O–H groups in total. The molecule has 2 aliphatic carbocycles. The summed E-state index contributed by atoms with van der Waals surface area (Å²) in [6, 6.07) is 8.28. The Bertz CT molecular complexity index is 1150. The maximum Gasteiger partial charge on any atom is 0.273 e. The summed E-state index contributed by atoms with van der Waals surface area (Å²) < 4.78 is 29.6. The van der Waals surface area contributed by atoms with Gasteiger partial charge in [-0.15, -0.1) is 0 Å². The third kappa shape index (κ3) is 4.48. The number of amides is 1. The van der Waals surface area contributed by atoms with Gasteiger partial charge in [0.2, 0.25) is 5.91 Å². The molecule has 4 atom stereocenters. The number of aromatic amines is 1. The zero-order chi connectivity index (χ0) is 25.6. The van der Waals surface area contributed by atoms with E-state index in [1.807, 2.05) is 6.07 Å². The Balaban J connectivity index is 1.32. The van der Waals surface area contributed by atoms with Crippen LogP contribution in [0.25, 0.3) is 0 Å². The fourth-order valence-corrected chi connectivity index (χ4v) is 8.45. The minimum atomic E-state index is -0.453. The molecular weight excluding hydrogens is 492 g/mol. The molecule has 2 aliphatic heterocycles. The summed E-state index contributed by atoms with van der Waals surface area (Å²) in [6.45, 7) is 2.28. The van der Waals surface area contributed by atoms with E-state index in [0.29, 0.717) is 30.5 Å². The Kier molecular flexibility index (Phi) is 7.00. The minimum absolute atomic E-state index is 0.0445. The number of carbonyl (C=O) groups is 1. The van der Waals surface area contributed by atoms with Crippen LogP contribution in [0.1, 0.15) is 80.5 Å². The summed E-state index contributed by atoms with van der Waals surface area (Å²) in [5, 5.41) is 2.95. The van der Waals surface area contributed by atoms with E-state index in [-0.39, 0.29) is 34.8 Å². The van der Waals surface area contributed by atoms with Gasteiger partial charge in [0.1, 0.15) is 17.6 Å². The number of fused-ring (bicyclic) bond motifs is 2. The standard InChI is InChI=1S/C30H36ClF2N3O/c31-27-12-11-21-25(35-27)10-5-14-30(21)18-34-17-22(30)29(37)36-15-13-20(28-23(32)8-4-9-24(28)33)16-26(36)19-6-2-1-3-7-19/h4,8-9,11-12,19-20,22,26,34H,1-3,5-7,10,13-18H2/p+2/t20-,22+,26?,30+/m1/s1. The summed E-state index contributed by atoms with van der Waals surface area (Å²) in [4.78, 5) is 20.0. The predicted molar refractivity (Wildman–Crippen MR) is 138 cm³/mol. The number of likely N-dealkylation sites (tertiary alicyclic amines) is 1. The number of benzene rings is 1. The van der Waals surface area contributed by atoms with Crippen molar-refractivity contribution in [2.45, 2.75) is 81.6 Å². The number of aromatic nitrogens is 1. The van der Waals surface area contributed by atoms with Gasteiger partial charge in [-0.2, -0.15) is 4.98 Å². The normalized spacial score (nSPS) is 30.5. The van der Waals surface area contributed by atoms with Crippen molar-refractivity contribution in [3.8, 4) is 0 Å². The minimum Gasteiger partial charge on any atom is -0.345 e. The van der Waals surface area contributed by atoms with Crippen molar-refractivity contribution in [3.05, 3.63) is 63.9 Å². The van der Waals surface area contributed by atoms with Gasteiger partial charge in [0.05, 0.1) is 18.5 Å². The molecule has 1 amide bonds. The molecule has 3 fully saturated rings. The molecular formula is C30H38ClF2N3O+2. The highest BCUT2D eigenvalue weighted by atomic mass is 35.5. The number of nitrogens with two attached hydrogens (primary N) is 1. The average molecular weight is 530 g/mol. The highest BCUT2D eigenvalue weighted by molar-refractivity contribution is 6.28. The van der Waals surface area contributed by atoms with E-state index < -0.39 is 11.6 Å². The molecule has 1 saturated carbocycles. The van der Waals surface area contributed by atoms with Crippen molar-refractivity contribution in [2.75, 3.05) is 19.6 Å². The summed E-state index contributed by atoms with van der Waals surface area (Å²) in [7, 11) is 0. The Morgan fingerprint density at radius 1 is 1.05 bits per heavy atom. The van der Waals surface area contributed by atoms with Crippen LogP contribution in [0.15, 0.2) is 30.3 Å². The van der Waals surface area contributed by atoms with Crippen LogP contribution >= 0.6 is 11.6 Å². The van der Waals surface area contributed by atoms with E-state index in [0.717, 1.165) is 45.2 Å². The van der Waals surface area contributed by atoms with Crippen molar-refractivity contribution in [1.29, 1.82) is 0 Å². The summed E-state index contributed by atoms with van der Waals surface area (Å²) in [6.07, 6.45) is 10.0. The van der Waals surface area contributed by atoms with Gasteiger partial charge in [0.15, 0.2) is 5.69 Å². The van der Waals surface area contributed by atoms with Gasteiger partial charge in [-0.25, -0.2) is 8.78 Å². The average Bonchev–Trinajstić information content (AvgIpc) is 3.32. The summed E-state index contributed by atoms with van der Waals surface area (Å²) in [5.41, 5.74) is 2.46. The highest BCUT2D eigenvalue weighted by Crippen LogP contribution is 2.46. The van der Waals surface area contributed by atoms with Crippen LogP contribution in [0.5, 0.6) is 0 Å². The number of nitrogens with zero attached hydrogens (tertiary/aromatic N) is 1. The van der Waals surface area contributed by atoms with Crippen LogP contribution in [0.3, 0.4) is 0 Å². The fraction of sp³-hybridized carbons (Fsp3) is 0.600. The second-order valence-electron chi connectivity index (χ2n) is 11.8. The van der Waals surface area contributed by atoms with Gasteiger partial charge in [0.25, 0.3) is 5.15 Å². The van der Waals surface area contributed by atoms with Crippen LogP contribution < -0.4 is 10.3 Å². The zero-order valence-electron chi connectivity index (χ0n) is 21.5. The van der Waals surface area contributed by atoms with E-state index in [1.54, 1.807) is 0 Å². The maximum atomic E-state index is 14.8. The molecule has 1 aromatic heterocycles. The molecule has 1 aromatic carbocycles. The molecule has 0 radical (unpaired) electrons. The summed E-state index contributed by atoms with van der Waals surface area (Å²) in [5.74, 6) is -0.528. The van der Waals surface area contributed by atoms with Crippen molar-refractivity contribution >= 4 is 17.5 Å². The molecule has 198 valence electrons. The van der Waals surface area contributed by atoms with Gasteiger partial charge in [-0.3, -0.25) is 4.79 Å². The van der Waals surface area contributed by atoms with E-state index >= 15 is 0 Å². The number of H-pyrrole nitrogens is 1. The van der Waals surface area contributed by atoms with Crippen LogP contribution in [0.4, 0.5) is 8.78 Å².